The van der Waals surface area contributed by atoms with Gasteiger partial charge in [-0.1, -0.05) is 24.3 Å². The van der Waals surface area contributed by atoms with Gasteiger partial charge in [0.1, 0.15) is 0 Å². The third-order valence-electron chi connectivity index (χ3n) is 3.42. The summed E-state index contributed by atoms with van der Waals surface area (Å²) in [5.41, 5.74) is 5.09. The number of carbonyl (C=O) groups excluding carboxylic acids is 1. The van der Waals surface area contributed by atoms with Crippen molar-refractivity contribution < 1.29 is 13.2 Å². The third-order valence-corrected chi connectivity index (χ3v) is 5.15. The van der Waals surface area contributed by atoms with Crippen LogP contribution in [-0.4, -0.2) is 25.1 Å². The molecule has 0 unspecified atom stereocenters. The second-order valence-electron chi connectivity index (χ2n) is 5.41. The molecule has 10 heteroatoms. The van der Waals surface area contributed by atoms with E-state index in [0.717, 1.165) is 34.7 Å². The van der Waals surface area contributed by atoms with Crippen molar-refractivity contribution in [1.29, 1.82) is 0 Å². The fraction of sp³-hybridized carbons (Fsp3) is 0.333. The van der Waals surface area contributed by atoms with Gasteiger partial charge in [-0.2, -0.15) is 0 Å². The second-order valence-corrected chi connectivity index (χ2v) is 8.09. The number of rotatable bonds is 8. The van der Waals surface area contributed by atoms with Crippen molar-refractivity contribution in [3.8, 4) is 0 Å². The number of hydrogen-bond acceptors (Lipinski definition) is 6. The van der Waals surface area contributed by atoms with E-state index >= 15 is 0 Å². The summed E-state index contributed by atoms with van der Waals surface area (Å²) in [5, 5.41) is 7.72. The van der Waals surface area contributed by atoms with Crippen LogP contribution in [0.2, 0.25) is 0 Å². The quantitative estimate of drug-likeness (QED) is 0.339. The molecule has 7 nitrogen and oxygen atoms in total. The lowest BCUT2D eigenvalue weighted by Crippen LogP contribution is -2.31. The van der Waals surface area contributed by atoms with E-state index in [1.807, 2.05) is 29.6 Å². The zero-order chi connectivity index (χ0) is 17.6. The minimum atomic E-state index is -3.45. The highest BCUT2D eigenvalue weighted by Gasteiger charge is 2.08. The van der Waals surface area contributed by atoms with Crippen molar-refractivity contribution >= 4 is 39.7 Å². The van der Waals surface area contributed by atoms with Crippen LogP contribution in [0, 0.1) is 0 Å². The van der Waals surface area contributed by atoms with Crippen molar-refractivity contribution in [2.75, 3.05) is 5.75 Å². The number of nitrogens with zero attached hydrogens (tertiary/aromatic N) is 1. The number of thiazole rings is 1. The first-order chi connectivity index (χ1) is 11.4. The van der Waals surface area contributed by atoms with E-state index in [2.05, 4.69) is 10.4 Å². The average molecular weight is 405 g/mol. The molecule has 25 heavy (non-hydrogen) atoms. The van der Waals surface area contributed by atoms with E-state index in [1.54, 1.807) is 0 Å². The third kappa shape index (κ3) is 7.93. The largest absolute Gasteiger partial charge is 0.294 e. The first-order valence-electron chi connectivity index (χ1n) is 7.37. The van der Waals surface area contributed by atoms with Crippen molar-refractivity contribution in [2.24, 2.45) is 11.0 Å². The molecular formula is C15H21ClN4O3S2. The molecule has 0 fully saturated rings. The number of amides is 1. The SMILES string of the molecule is Cl.NNC(=O)Cc1ccc(CCc2csc(CCS(N)(=O)=O)n2)cc1. The van der Waals surface area contributed by atoms with Gasteiger partial charge in [0.25, 0.3) is 0 Å². The van der Waals surface area contributed by atoms with E-state index in [4.69, 9.17) is 11.0 Å². The molecule has 0 aliphatic carbocycles. The molecule has 5 N–H and O–H groups in total. The van der Waals surface area contributed by atoms with Gasteiger partial charge < -0.3 is 0 Å². The van der Waals surface area contributed by atoms with Crippen LogP contribution in [0.4, 0.5) is 0 Å². The molecule has 138 valence electrons. The number of hydrogen-bond donors (Lipinski definition) is 3. The highest BCUT2D eigenvalue weighted by atomic mass is 35.5. The molecule has 0 aliphatic rings. The summed E-state index contributed by atoms with van der Waals surface area (Å²) in [6.45, 7) is 0. The topological polar surface area (TPSA) is 128 Å². The predicted molar refractivity (Wildman–Crippen MR) is 101 cm³/mol. The maximum atomic E-state index is 11.2. The molecule has 1 amide bonds. The van der Waals surface area contributed by atoms with E-state index in [0.29, 0.717) is 6.42 Å². The molecule has 0 radical (unpaired) electrons. The Kier molecular flexibility index (Phi) is 8.46. The van der Waals surface area contributed by atoms with Crippen molar-refractivity contribution in [3.05, 3.63) is 51.5 Å². The molecule has 0 bridgehead atoms. The van der Waals surface area contributed by atoms with Gasteiger partial charge in [-0.05, 0) is 24.0 Å². The lowest BCUT2D eigenvalue weighted by molar-refractivity contribution is -0.120. The van der Waals surface area contributed by atoms with Gasteiger partial charge in [-0.15, -0.1) is 23.7 Å². The Labute approximate surface area is 157 Å². The fourth-order valence-corrected chi connectivity index (χ4v) is 3.58. The number of hydrazine groups is 1. The smallest absolute Gasteiger partial charge is 0.238 e. The van der Waals surface area contributed by atoms with Gasteiger partial charge in [0.2, 0.25) is 15.9 Å². The maximum absolute atomic E-state index is 11.2. The summed E-state index contributed by atoms with van der Waals surface area (Å²) >= 11 is 1.45. The number of aryl methyl sites for hydroxylation is 3. The Morgan fingerprint density at radius 3 is 2.36 bits per heavy atom. The van der Waals surface area contributed by atoms with Crippen LogP contribution in [0.15, 0.2) is 29.6 Å². The van der Waals surface area contributed by atoms with Gasteiger partial charge in [0, 0.05) is 11.8 Å². The summed E-state index contributed by atoms with van der Waals surface area (Å²) < 4.78 is 21.9. The standard InChI is InChI=1S/C15H20N4O3S2.ClH/c16-19-14(20)9-12-3-1-11(2-4-12)5-6-13-10-23-15(18-13)7-8-24(17,21)22;/h1-4,10H,5-9,16H2,(H,19,20)(H2,17,21,22);1H. The Bertz CT molecular complexity index is 791. The molecule has 1 aromatic carbocycles. The molecule has 0 saturated heterocycles. The Morgan fingerprint density at radius 1 is 1.12 bits per heavy atom. The minimum Gasteiger partial charge on any atom is -0.294 e. The molecule has 1 heterocycles. The van der Waals surface area contributed by atoms with Crippen LogP contribution < -0.4 is 16.4 Å². The van der Waals surface area contributed by atoms with Crippen molar-refractivity contribution in [2.45, 2.75) is 25.7 Å². The number of nitrogens with one attached hydrogen (secondary N) is 1. The van der Waals surface area contributed by atoms with E-state index in [1.165, 1.54) is 11.3 Å². The van der Waals surface area contributed by atoms with Gasteiger partial charge >= 0.3 is 0 Å². The molecule has 1 aromatic heterocycles. The minimum absolute atomic E-state index is 0. The summed E-state index contributed by atoms with van der Waals surface area (Å²) in [6.07, 6.45) is 2.20. The van der Waals surface area contributed by atoms with Gasteiger partial charge in [0.15, 0.2) is 0 Å². The predicted octanol–water partition coefficient (Wildman–Crippen LogP) is 0.713. The van der Waals surface area contributed by atoms with Crippen LogP contribution in [-0.2, 0) is 40.5 Å². The Morgan fingerprint density at radius 2 is 1.76 bits per heavy atom. The Balaban J connectivity index is 0.00000312. The summed E-state index contributed by atoms with van der Waals surface area (Å²) in [7, 11) is -3.45. The van der Waals surface area contributed by atoms with Crippen molar-refractivity contribution in [3.63, 3.8) is 0 Å². The summed E-state index contributed by atoms with van der Waals surface area (Å²) in [5.74, 6) is 4.75. The van der Waals surface area contributed by atoms with Crippen molar-refractivity contribution in [1.82, 2.24) is 10.4 Å². The number of benzene rings is 1. The molecule has 2 aromatic rings. The second kappa shape index (κ2) is 9.83. The van der Waals surface area contributed by atoms with Crippen LogP contribution in [0.3, 0.4) is 0 Å². The number of nitrogens with two attached hydrogens (primary N) is 2. The average Bonchev–Trinajstić information content (AvgIpc) is 2.99. The maximum Gasteiger partial charge on any atom is 0.238 e. The molecule has 0 atom stereocenters. The van der Waals surface area contributed by atoms with Crippen LogP contribution in [0.25, 0.3) is 0 Å². The molecule has 2 rings (SSSR count). The molecule has 0 spiro atoms. The molecule has 0 saturated carbocycles. The highest BCUT2D eigenvalue weighted by molar-refractivity contribution is 7.89. The van der Waals surface area contributed by atoms with E-state index < -0.39 is 10.0 Å². The number of aromatic nitrogens is 1. The monoisotopic (exact) mass is 404 g/mol. The summed E-state index contributed by atoms with van der Waals surface area (Å²) in [4.78, 5) is 15.6. The zero-order valence-corrected chi connectivity index (χ0v) is 15.9. The molecule has 0 aliphatic heterocycles. The molecular weight excluding hydrogens is 384 g/mol. The van der Waals surface area contributed by atoms with Gasteiger partial charge in [0.05, 0.1) is 22.9 Å². The lowest BCUT2D eigenvalue weighted by atomic mass is 10.0. The van der Waals surface area contributed by atoms with Gasteiger partial charge in [-0.25, -0.2) is 24.4 Å². The summed E-state index contributed by atoms with van der Waals surface area (Å²) in [6, 6.07) is 7.77. The highest BCUT2D eigenvalue weighted by Crippen LogP contribution is 2.14. The number of sulfonamides is 1. The first kappa shape index (κ1) is 21.5. The van der Waals surface area contributed by atoms with E-state index in [9.17, 15) is 13.2 Å². The number of halogens is 1. The van der Waals surface area contributed by atoms with Crippen LogP contribution in [0.1, 0.15) is 21.8 Å². The zero-order valence-electron chi connectivity index (χ0n) is 13.5. The van der Waals surface area contributed by atoms with Crippen LogP contribution in [0.5, 0.6) is 0 Å². The first-order valence-corrected chi connectivity index (χ1v) is 9.96. The van der Waals surface area contributed by atoms with E-state index in [-0.39, 0.29) is 30.5 Å². The number of primary sulfonamides is 1. The number of carbonyl (C=O) groups is 1. The van der Waals surface area contributed by atoms with Crippen LogP contribution >= 0.6 is 23.7 Å². The van der Waals surface area contributed by atoms with Gasteiger partial charge in [-0.3, -0.25) is 10.2 Å². The lowest BCUT2D eigenvalue weighted by Gasteiger charge is -2.03. The normalized spacial score (nSPS) is 11.0. The Hall–Kier alpha value is -1.52. The fourth-order valence-electron chi connectivity index (χ4n) is 2.14.